The molecule has 0 fully saturated rings. The van der Waals surface area contributed by atoms with Gasteiger partial charge in [0.25, 0.3) is 0 Å². The fourth-order valence-corrected chi connectivity index (χ4v) is 1.48. The Morgan fingerprint density at radius 3 is 2.46 bits per heavy atom. The third-order valence-corrected chi connectivity index (χ3v) is 2.25. The van der Waals surface area contributed by atoms with E-state index < -0.39 is 0 Å². The fourth-order valence-electron chi connectivity index (χ4n) is 1.22. The van der Waals surface area contributed by atoms with Crippen LogP contribution in [0.25, 0.3) is 0 Å². The van der Waals surface area contributed by atoms with E-state index in [1.54, 1.807) is 0 Å². The first-order chi connectivity index (χ1) is 6.22. The number of halogens is 1. The van der Waals surface area contributed by atoms with E-state index in [1.165, 1.54) is 11.1 Å². The number of aliphatic hydroxyl groups is 1. The highest BCUT2D eigenvalue weighted by Crippen LogP contribution is 2.08. The molecule has 1 aromatic rings. The predicted octanol–water partition coefficient (Wildman–Crippen LogP) is 2.53. The Balaban J connectivity index is 2.49. The summed E-state index contributed by atoms with van der Waals surface area (Å²) < 4.78 is 0. The largest absolute Gasteiger partial charge is 0.393 e. The second-order valence-corrected chi connectivity index (χ2v) is 3.70. The van der Waals surface area contributed by atoms with Crippen LogP contribution in [0, 0.1) is 6.92 Å². The number of aryl methyl sites for hydroxylation is 1. The third-order valence-electron chi connectivity index (χ3n) is 2.03. The summed E-state index contributed by atoms with van der Waals surface area (Å²) >= 11 is 5.53. The molecule has 0 aromatic heterocycles. The average molecular weight is 199 g/mol. The highest BCUT2D eigenvalue weighted by Gasteiger charge is 2.03. The van der Waals surface area contributed by atoms with Gasteiger partial charge in [0.15, 0.2) is 0 Å². The summed E-state index contributed by atoms with van der Waals surface area (Å²) in [6.45, 7) is 2.05. The molecule has 2 heteroatoms. The van der Waals surface area contributed by atoms with Crippen molar-refractivity contribution in [2.24, 2.45) is 0 Å². The van der Waals surface area contributed by atoms with E-state index in [9.17, 15) is 5.11 Å². The molecular formula is C11H15ClO. The van der Waals surface area contributed by atoms with Crippen LogP contribution in [0.3, 0.4) is 0 Å². The van der Waals surface area contributed by atoms with E-state index >= 15 is 0 Å². The van der Waals surface area contributed by atoms with Gasteiger partial charge in [-0.25, -0.2) is 0 Å². The molecule has 0 saturated carbocycles. The normalized spacial score (nSPS) is 12.8. The van der Waals surface area contributed by atoms with Crippen molar-refractivity contribution in [1.82, 2.24) is 0 Å². The molecule has 0 heterocycles. The predicted molar refractivity (Wildman–Crippen MR) is 56.2 cm³/mol. The van der Waals surface area contributed by atoms with Gasteiger partial charge in [-0.05, 0) is 25.3 Å². The molecular weight excluding hydrogens is 184 g/mol. The van der Waals surface area contributed by atoms with Crippen molar-refractivity contribution in [3.05, 3.63) is 35.4 Å². The Morgan fingerprint density at radius 2 is 1.92 bits per heavy atom. The molecule has 0 radical (unpaired) electrons. The maximum Gasteiger partial charge on any atom is 0.0591 e. The van der Waals surface area contributed by atoms with Crippen molar-refractivity contribution >= 4 is 11.6 Å². The van der Waals surface area contributed by atoms with Gasteiger partial charge in [0.2, 0.25) is 0 Å². The summed E-state index contributed by atoms with van der Waals surface area (Å²) in [5.41, 5.74) is 2.42. The molecule has 1 N–H and O–H groups in total. The van der Waals surface area contributed by atoms with Crippen molar-refractivity contribution in [2.45, 2.75) is 25.9 Å². The van der Waals surface area contributed by atoms with Crippen LogP contribution in [-0.4, -0.2) is 17.1 Å². The first-order valence-electron chi connectivity index (χ1n) is 4.52. The standard InChI is InChI=1S/C11H15ClO/c1-9-2-4-10(5-3-9)8-11(13)6-7-12/h2-5,11,13H,6-8H2,1H3. The van der Waals surface area contributed by atoms with Crippen molar-refractivity contribution in [1.29, 1.82) is 0 Å². The lowest BCUT2D eigenvalue weighted by Crippen LogP contribution is -2.10. The maximum absolute atomic E-state index is 9.49. The third kappa shape index (κ3) is 3.79. The lowest BCUT2D eigenvalue weighted by molar-refractivity contribution is 0.172. The SMILES string of the molecule is Cc1ccc(CC(O)CCCl)cc1. The Hall–Kier alpha value is -0.530. The first-order valence-corrected chi connectivity index (χ1v) is 5.05. The van der Waals surface area contributed by atoms with Gasteiger partial charge in [-0.15, -0.1) is 11.6 Å². The summed E-state index contributed by atoms with van der Waals surface area (Å²) in [5, 5.41) is 9.49. The Bertz CT molecular complexity index is 243. The van der Waals surface area contributed by atoms with Gasteiger partial charge in [0, 0.05) is 5.88 Å². The van der Waals surface area contributed by atoms with Crippen LogP contribution in [0.5, 0.6) is 0 Å². The van der Waals surface area contributed by atoms with Gasteiger partial charge in [0.05, 0.1) is 6.10 Å². The summed E-state index contributed by atoms with van der Waals surface area (Å²) in [5.74, 6) is 0.521. The van der Waals surface area contributed by atoms with Gasteiger partial charge >= 0.3 is 0 Å². The summed E-state index contributed by atoms with van der Waals surface area (Å²) in [6.07, 6.45) is 1.06. The zero-order chi connectivity index (χ0) is 9.68. The maximum atomic E-state index is 9.49. The minimum atomic E-state index is -0.305. The van der Waals surface area contributed by atoms with Gasteiger partial charge in [-0.3, -0.25) is 0 Å². The van der Waals surface area contributed by atoms with Gasteiger partial charge < -0.3 is 5.11 Å². The Labute approximate surface area is 84.4 Å². The number of hydrogen-bond donors (Lipinski definition) is 1. The molecule has 0 amide bonds. The monoisotopic (exact) mass is 198 g/mol. The zero-order valence-corrected chi connectivity index (χ0v) is 8.59. The van der Waals surface area contributed by atoms with Crippen LogP contribution in [-0.2, 0) is 6.42 Å². The molecule has 0 bridgehead atoms. The molecule has 1 aromatic carbocycles. The van der Waals surface area contributed by atoms with Crippen LogP contribution in [0.15, 0.2) is 24.3 Å². The molecule has 0 spiro atoms. The number of rotatable bonds is 4. The molecule has 0 aliphatic carbocycles. The minimum Gasteiger partial charge on any atom is -0.393 e. The topological polar surface area (TPSA) is 20.2 Å². The van der Waals surface area contributed by atoms with Crippen molar-refractivity contribution in [3.63, 3.8) is 0 Å². The number of hydrogen-bond acceptors (Lipinski definition) is 1. The second kappa shape index (κ2) is 5.25. The van der Waals surface area contributed by atoms with Crippen LogP contribution >= 0.6 is 11.6 Å². The highest BCUT2D eigenvalue weighted by atomic mass is 35.5. The first kappa shape index (κ1) is 10.6. The van der Waals surface area contributed by atoms with Crippen molar-refractivity contribution in [2.75, 3.05) is 5.88 Å². The molecule has 1 unspecified atom stereocenters. The summed E-state index contributed by atoms with van der Waals surface area (Å²) in [7, 11) is 0. The zero-order valence-electron chi connectivity index (χ0n) is 7.83. The van der Waals surface area contributed by atoms with E-state index in [1.807, 2.05) is 12.1 Å². The molecule has 1 atom stereocenters. The number of benzene rings is 1. The fraction of sp³-hybridized carbons (Fsp3) is 0.455. The van der Waals surface area contributed by atoms with Crippen molar-refractivity contribution in [3.8, 4) is 0 Å². The minimum absolute atomic E-state index is 0.305. The van der Waals surface area contributed by atoms with E-state index in [4.69, 9.17) is 11.6 Å². The van der Waals surface area contributed by atoms with E-state index in [2.05, 4.69) is 19.1 Å². The summed E-state index contributed by atoms with van der Waals surface area (Å²) in [6, 6.07) is 8.21. The Morgan fingerprint density at radius 1 is 1.31 bits per heavy atom. The van der Waals surface area contributed by atoms with Gasteiger partial charge in [-0.1, -0.05) is 29.8 Å². The molecule has 0 saturated heterocycles. The molecule has 72 valence electrons. The molecule has 0 aliphatic heterocycles. The van der Waals surface area contributed by atoms with Crippen LogP contribution in [0.1, 0.15) is 17.5 Å². The van der Waals surface area contributed by atoms with Gasteiger partial charge in [0.1, 0.15) is 0 Å². The van der Waals surface area contributed by atoms with Crippen LogP contribution < -0.4 is 0 Å². The molecule has 0 aliphatic rings. The Kier molecular flexibility index (Phi) is 4.26. The summed E-state index contributed by atoms with van der Waals surface area (Å²) in [4.78, 5) is 0. The molecule has 13 heavy (non-hydrogen) atoms. The molecule has 1 nitrogen and oxygen atoms in total. The van der Waals surface area contributed by atoms with Crippen LogP contribution in [0.4, 0.5) is 0 Å². The van der Waals surface area contributed by atoms with Crippen molar-refractivity contribution < 1.29 is 5.11 Å². The second-order valence-electron chi connectivity index (χ2n) is 3.32. The van der Waals surface area contributed by atoms with E-state index in [0.29, 0.717) is 18.7 Å². The van der Waals surface area contributed by atoms with E-state index in [-0.39, 0.29) is 6.10 Å². The van der Waals surface area contributed by atoms with Crippen LogP contribution in [0.2, 0.25) is 0 Å². The highest BCUT2D eigenvalue weighted by molar-refractivity contribution is 6.17. The number of alkyl halides is 1. The molecule has 1 rings (SSSR count). The van der Waals surface area contributed by atoms with E-state index in [0.717, 1.165) is 0 Å². The smallest absolute Gasteiger partial charge is 0.0591 e. The quantitative estimate of drug-likeness (QED) is 0.738. The lowest BCUT2D eigenvalue weighted by Gasteiger charge is -2.08. The average Bonchev–Trinajstić information content (AvgIpc) is 2.09. The van der Waals surface area contributed by atoms with Gasteiger partial charge in [-0.2, -0.15) is 0 Å². The number of aliphatic hydroxyl groups excluding tert-OH is 1. The lowest BCUT2D eigenvalue weighted by atomic mass is 10.1.